The fourth-order valence-electron chi connectivity index (χ4n) is 2.37. The molecule has 0 spiro atoms. The van der Waals surface area contributed by atoms with Gasteiger partial charge in [-0.25, -0.2) is 4.39 Å². The molecule has 2 aromatic rings. The van der Waals surface area contributed by atoms with Gasteiger partial charge in [0.2, 0.25) is 0 Å². The zero-order valence-electron chi connectivity index (χ0n) is 10.3. The third kappa shape index (κ3) is 2.49. The van der Waals surface area contributed by atoms with Crippen LogP contribution in [0.5, 0.6) is 5.75 Å². The van der Waals surface area contributed by atoms with Crippen LogP contribution in [-0.2, 0) is 0 Å². The molecule has 0 amide bonds. The Labute approximate surface area is 125 Å². The Kier molecular flexibility index (Phi) is 3.59. The molecule has 0 saturated heterocycles. The number of aliphatic hydroxyl groups is 1. The average molecular weight is 313 g/mol. The molecule has 3 rings (SSSR count). The lowest BCUT2D eigenvalue weighted by Gasteiger charge is -2.30. The summed E-state index contributed by atoms with van der Waals surface area (Å²) in [4.78, 5) is 0. The second-order valence-corrected chi connectivity index (χ2v) is 5.58. The summed E-state index contributed by atoms with van der Waals surface area (Å²) < 4.78 is 19.7. The Balaban J connectivity index is 1.97. The monoisotopic (exact) mass is 312 g/mol. The van der Waals surface area contributed by atoms with Gasteiger partial charge in [-0.05, 0) is 30.3 Å². The molecule has 0 aliphatic carbocycles. The lowest BCUT2D eigenvalue weighted by atomic mass is 9.95. The summed E-state index contributed by atoms with van der Waals surface area (Å²) in [5.41, 5.74) is 1.01. The zero-order chi connectivity index (χ0) is 14.3. The first-order chi connectivity index (χ1) is 9.54. The van der Waals surface area contributed by atoms with E-state index in [2.05, 4.69) is 0 Å². The number of hydrogen-bond donors (Lipinski definition) is 1. The molecule has 1 aliphatic rings. The Morgan fingerprint density at radius 1 is 1.05 bits per heavy atom. The number of ether oxygens (including phenoxy) is 1. The molecule has 2 nitrogen and oxygen atoms in total. The first kappa shape index (κ1) is 13.7. The van der Waals surface area contributed by atoms with Gasteiger partial charge >= 0.3 is 0 Å². The molecular weight excluding hydrogens is 302 g/mol. The molecule has 1 N–H and O–H groups in total. The number of benzene rings is 2. The van der Waals surface area contributed by atoms with Crippen LogP contribution in [0.1, 0.15) is 29.8 Å². The van der Waals surface area contributed by atoms with Gasteiger partial charge < -0.3 is 9.84 Å². The van der Waals surface area contributed by atoms with Crippen LogP contribution >= 0.6 is 23.2 Å². The molecule has 1 aliphatic heterocycles. The molecule has 0 fully saturated rings. The standard InChI is InChI=1S/C15H11Cl2FO2/c16-8-2-4-14-11(5-8)13(19)7-15(20-14)10-3-1-9(17)6-12(10)18/h1-6,13,15,19H,7H2/t13-,15?/m1/s1. The van der Waals surface area contributed by atoms with Crippen molar-refractivity contribution >= 4 is 23.2 Å². The first-order valence-corrected chi connectivity index (χ1v) is 6.89. The summed E-state index contributed by atoms with van der Waals surface area (Å²) in [6, 6.07) is 9.44. The Hall–Kier alpha value is -1.29. The summed E-state index contributed by atoms with van der Waals surface area (Å²) in [5, 5.41) is 11.0. The highest BCUT2D eigenvalue weighted by atomic mass is 35.5. The molecule has 20 heavy (non-hydrogen) atoms. The van der Waals surface area contributed by atoms with Crippen molar-refractivity contribution in [1.29, 1.82) is 0 Å². The molecule has 2 aromatic carbocycles. The van der Waals surface area contributed by atoms with E-state index in [1.54, 1.807) is 30.3 Å². The third-order valence-electron chi connectivity index (χ3n) is 3.35. The highest BCUT2D eigenvalue weighted by Crippen LogP contribution is 2.42. The van der Waals surface area contributed by atoms with Crippen molar-refractivity contribution in [2.24, 2.45) is 0 Å². The van der Waals surface area contributed by atoms with E-state index < -0.39 is 18.0 Å². The van der Waals surface area contributed by atoms with Gasteiger partial charge in [-0.2, -0.15) is 0 Å². The quantitative estimate of drug-likeness (QED) is 0.827. The maximum Gasteiger partial charge on any atom is 0.131 e. The number of aliphatic hydroxyl groups excluding tert-OH is 1. The van der Waals surface area contributed by atoms with Gasteiger partial charge in [-0.1, -0.05) is 29.3 Å². The highest BCUT2D eigenvalue weighted by Gasteiger charge is 2.29. The fourth-order valence-corrected chi connectivity index (χ4v) is 2.71. The topological polar surface area (TPSA) is 29.5 Å². The number of halogens is 3. The van der Waals surface area contributed by atoms with Crippen molar-refractivity contribution in [3.63, 3.8) is 0 Å². The molecule has 0 bridgehead atoms. The van der Waals surface area contributed by atoms with Gasteiger partial charge in [-0.3, -0.25) is 0 Å². The van der Waals surface area contributed by atoms with Crippen LogP contribution in [0.4, 0.5) is 4.39 Å². The van der Waals surface area contributed by atoms with E-state index in [0.717, 1.165) is 0 Å². The van der Waals surface area contributed by atoms with E-state index >= 15 is 0 Å². The van der Waals surface area contributed by atoms with Crippen molar-refractivity contribution in [3.8, 4) is 5.75 Å². The Bertz CT molecular complexity index is 660. The predicted molar refractivity (Wildman–Crippen MR) is 75.8 cm³/mol. The molecule has 2 atom stereocenters. The second-order valence-electron chi connectivity index (χ2n) is 4.71. The van der Waals surface area contributed by atoms with Crippen molar-refractivity contribution in [2.45, 2.75) is 18.6 Å². The van der Waals surface area contributed by atoms with E-state index in [4.69, 9.17) is 27.9 Å². The molecule has 5 heteroatoms. The fraction of sp³-hybridized carbons (Fsp3) is 0.200. The van der Waals surface area contributed by atoms with Crippen molar-refractivity contribution < 1.29 is 14.2 Å². The summed E-state index contributed by atoms with van der Waals surface area (Å²) in [6.45, 7) is 0. The maximum absolute atomic E-state index is 13.9. The highest BCUT2D eigenvalue weighted by molar-refractivity contribution is 6.30. The van der Waals surface area contributed by atoms with Crippen molar-refractivity contribution in [1.82, 2.24) is 0 Å². The van der Waals surface area contributed by atoms with E-state index in [-0.39, 0.29) is 6.42 Å². The van der Waals surface area contributed by atoms with Crippen LogP contribution in [-0.4, -0.2) is 5.11 Å². The van der Waals surface area contributed by atoms with E-state index in [9.17, 15) is 9.50 Å². The lowest BCUT2D eigenvalue weighted by molar-refractivity contribution is 0.0640. The van der Waals surface area contributed by atoms with Crippen LogP contribution in [0, 0.1) is 5.82 Å². The smallest absolute Gasteiger partial charge is 0.131 e. The second kappa shape index (κ2) is 5.24. The van der Waals surface area contributed by atoms with Crippen LogP contribution in [0.15, 0.2) is 36.4 Å². The van der Waals surface area contributed by atoms with Crippen LogP contribution in [0.2, 0.25) is 10.0 Å². The van der Waals surface area contributed by atoms with E-state index in [0.29, 0.717) is 26.9 Å². The number of hydrogen-bond acceptors (Lipinski definition) is 2. The van der Waals surface area contributed by atoms with Gasteiger partial charge in [-0.15, -0.1) is 0 Å². The summed E-state index contributed by atoms with van der Waals surface area (Å²) in [5.74, 6) is 0.0830. The molecule has 0 saturated carbocycles. The third-order valence-corrected chi connectivity index (χ3v) is 3.82. The van der Waals surface area contributed by atoms with Gasteiger partial charge in [0, 0.05) is 27.6 Å². The van der Waals surface area contributed by atoms with Crippen molar-refractivity contribution in [2.75, 3.05) is 0 Å². The SMILES string of the molecule is O[C@@H]1CC(c2ccc(Cl)cc2F)Oc2ccc(Cl)cc21. The number of rotatable bonds is 1. The first-order valence-electron chi connectivity index (χ1n) is 6.13. The molecule has 1 unspecified atom stereocenters. The van der Waals surface area contributed by atoms with Gasteiger partial charge in [0.05, 0.1) is 6.10 Å². The van der Waals surface area contributed by atoms with Gasteiger partial charge in [0.1, 0.15) is 17.7 Å². The van der Waals surface area contributed by atoms with Crippen LogP contribution < -0.4 is 4.74 Å². The van der Waals surface area contributed by atoms with Crippen LogP contribution in [0.3, 0.4) is 0 Å². The van der Waals surface area contributed by atoms with Crippen molar-refractivity contribution in [3.05, 3.63) is 63.4 Å². The molecule has 104 valence electrons. The summed E-state index contributed by atoms with van der Waals surface area (Å²) in [7, 11) is 0. The zero-order valence-corrected chi connectivity index (χ0v) is 11.8. The molecular formula is C15H11Cl2FO2. The Morgan fingerprint density at radius 3 is 2.50 bits per heavy atom. The lowest BCUT2D eigenvalue weighted by Crippen LogP contribution is -2.20. The summed E-state index contributed by atoms with van der Waals surface area (Å²) in [6.07, 6.45) is -1.01. The summed E-state index contributed by atoms with van der Waals surface area (Å²) >= 11 is 11.6. The minimum atomic E-state index is -0.738. The molecule has 0 radical (unpaired) electrons. The van der Waals surface area contributed by atoms with E-state index in [1.807, 2.05) is 0 Å². The molecule has 1 heterocycles. The average Bonchev–Trinajstić information content (AvgIpc) is 2.39. The minimum absolute atomic E-state index is 0.270. The minimum Gasteiger partial charge on any atom is -0.485 e. The van der Waals surface area contributed by atoms with Gasteiger partial charge in [0.25, 0.3) is 0 Å². The van der Waals surface area contributed by atoms with Gasteiger partial charge in [0.15, 0.2) is 0 Å². The molecule has 0 aromatic heterocycles. The number of fused-ring (bicyclic) bond motifs is 1. The van der Waals surface area contributed by atoms with Crippen LogP contribution in [0.25, 0.3) is 0 Å². The Morgan fingerprint density at radius 2 is 1.75 bits per heavy atom. The largest absolute Gasteiger partial charge is 0.485 e. The van der Waals surface area contributed by atoms with E-state index in [1.165, 1.54) is 6.07 Å². The maximum atomic E-state index is 13.9. The predicted octanol–water partition coefficient (Wildman–Crippen LogP) is 4.69. The normalized spacial score (nSPS) is 21.2.